The molecule has 0 heterocycles. The summed E-state index contributed by atoms with van der Waals surface area (Å²) in [6.45, 7) is 5.44. The van der Waals surface area contributed by atoms with Gasteiger partial charge in [-0.3, -0.25) is 9.59 Å². The molecule has 0 aromatic heterocycles. The molecule has 9 atom stereocenters. The smallest absolute Gasteiger partial charge is 0.408 e. The van der Waals surface area contributed by atoms with Crippen molar-refractivity contribution in [3.63, 3.8) is 0 Å². The number of hydrogen-bond acceptors (Lipinski definition) is 8. The zero-order valence-electron chi connectivity index (χ0n) is 34.3. The van der Waals surface area contributed by atoms with E-state index in [1.807, 2.05) is 91.0 Å². The highest BCUT2D eigenvalue weighted by molar-refractivity contribution is 5.86. The fourth-order valence-electron chi connectivity index (χ4n) is 11.5. The van der Waals surface area contributed by atoms with E-state index >= 15 is 0 Å². The number of amides is 1. The summed E-state index contributed by atoms with van der Waals surface area (Å²) in [5, 5.41) is 2.57. The molecular weight excluding hydrogens is 731 g/mol. The number of ether oxygens (including phenoxy) is 4. The second-order valence-corrected chi connectivity index (χ2v) is 18.0. The Hall–Kier alpha value is -4.66. The quantitative estimate of drug-likeness (QED) is 0.119. The summed E-state index contributed by atoms with van der Waals surface area (Å²) in [7, 11) is 0. The van der Waals surface area contributed by atoms with Crippen molar-refractivity contribution < 1.29 is 38.1 Å². The molecule has 1 N–H and O–H groups in total. The molecular formula is C49H61NO8. The molecule has 3 aromatic rings. The standard InChI is InChI=1S/C49H61NO8/c1-48-28-26-42-40(41(48)24-22-37(48)19-12-20-44(51)55-31-34-13-6-3-7-14-34)23-21-38-29-39(25-27-49(38,42)2)58-45(52)30-43(46(53)56-32-35-15-8-4-9-16-35)50-47(54)57-33-36-17-10-5-11-18-36/h3-11,13-18,37-43H,12,19-33H2,1-2H3,(H,50,54). The SMILES string of the molecule is CC12CCC3C(CCC4CC(OC(=O)CC(NC(=O)OCc5ccccc5)C(=O)OCc5ccccc5)CCC43C)C1CCC2CCCC(=O)OCc1ccccc1. The molecule has 4 aliphatic carbocycles. The molecule has 58 heavy (non-hydrogen) atoms. The number of alkyl carbamates (subject to hydrolysis) is 1. The molecule has 3 aromatic carbocycles. The Morgan fingerprint density at radius 2 is 1.24 bits per heavy atom. The van der Waals surface area contributed by atoms with E-state index in [0.29, 0.717) is 36.2 Å². The minimum absolute atomic E-state index is 0.0175. The van der Waals surface area contributed by atoms with Crippen LogP contribution in [0.15, 0.2) is 91.0 Å². The first-order chi connectivity index (χ1) is 28.1. The Balaban J connectivity index is 0.896. The number of carbonyl (C=O) groups is 4. The maximum atomic E-state index is 13.5. The maximum Gasteiger partial charge on any atom is 0.408 e. The monoisotopic (exact) mass is 791 g/mol. The molecule has 7 rings (SSSR count). The van der Waals surface area contributed by atoms with Crippen LogP contribution in [0.1, 0.15) is 114 Å². The molecule has 0 aliphatic heterocycles. The summed E-state index contributed by atoms with van der Waals surface area (Å²) < 4.78 is 22.6. The Kier molecular flexibility index (Phi) is 13.6. The van der Waals surface area contributed by atoms with Gasteiger partial charge in [0.15, 0.2) is 0 Å². The number of benzene rings is 3. The maximum absolute atomic E-state index is 13.5. The summed E-state index contributed by atoms with van der Waals surface area (Å²) in [6.07, 6.45) is 11.1. The predicted octanol–water partition coefficient (Wildman–Crippen LogP) is 9.90. The first-order valence-electron chi connectivity index (χ1n) is 21.7. The van der Waals surface area contributed by atoms with Crippen molar-refractivity contribution in [2.24, 2.45) is 40.4 Å². The van der Waals surface area contributed by atoms with Gasteiger partial charge in [0.2, 0.25) is 0 Å². The molecule has 1 amide bonds. The fraction of sp³-hybridized carbons (Fsp3) is 0.551. The Bertz CT molecular complexity index is 1840. The van der Waals surface area contributed by atoms with Gasteiger partial charge in [-0.25, -0.2) is 9.59 Å². The second-order valence-electron chi connectivity index (χ2n) is 18.0. The third-order valence-corrected chi connectivity index (χ3v) is 14.7. The summed E-state index contributed by atoms with van der Waals surface area (Å²) in [4.78, 5) is 52.1. The van der Waals surface area contributed by atoms with Crippen molar-refractivity contribution in [2.45, 2.75) is 129 Å². The van der Waals surface area contributed by atoms with Gasteiger partial charge >= 0.3 is 24.0 Å². The van der Waals surface area contributed by atoms with Gasteiger partial charge in [0.1, 0.15) is 32.0 Å². The van der Waals surface area contributed by atoms with Crippen molar-refractivity contribution in [1.82, 2.24) is 5.32 Å². The van der Waals surface area contributed by atoms with Gasteiger partial charge in [-0.1, -0.05) is 105 Å². The van der Waals surface area contributed by atoms with E-state index in [0.717, 1.165) is 67.1 Å². The lowest BCUT2D eigenvalue weighted by molar-refractivity contribution is -0.165. The van der Waals surface area contributed by atoms with Crippen molar-refractivity contribution in [2.75, 3.05) is 0 Å². The largest absolute Gasteiger partial charge is 0.462 e. The molecule has 0 spiro atoms. The highest BCUT2D eigenvalue weighted by atomic mass is 16.6. The third-order valence-electron chi connectivity index (χ3n) is 14.7. The van der Waals surface area contributed by atoms with E-state index in [1.165, 1.54) is 32.1 Å². The molecule has 310 valence electrons. The summed E-state index contributed by atoms with van der Waals surface area (Å²) >= 11 is 0. The van der Waals surface area contributed by atoms with Crippen LogP contribution in [-0.4, -0.2) is 36.1 Å². The van der Waals surface area contributed by atoms with Crippen LogP contribution in [0, 0.1) is 40.4 Å². The number of fused-ring (bicyclic) bond motifs is 5. The van der Waals surface area contributed by atoms with Gasteiger partial charge in [-0.2, -0.15) is 0 Å². The highest BCUT2D eigenvalue weighted by Gasteiger charge is 2.60. The van der Waals surface area contributed by atoms with Crippen LogP contribution in [0.5, 0.6) is 0 Å². The molecule has 0 radical (unpaired) electrons. The Morgan fingerprint density at radius 3 is 1.90 bits per heavy atom. The summed E-state index contributed by atoms with van der Waals surface area (Å²) in [6, 6.07) is 27.2. The summed E-state index contributed by atoms with van der Waals surface area (Å²) in [5.74, 6) is 1.89. The zero-order chi connectivity index (χ0) is 40.5. The lowest BCUT2D eigenvalue weighted by atomic mass is 9.44. The predicted molar refractivity (Wildman–Crippen MR) is 220 cm³/mol. The van der Waals surface area contributed by atoms with Gasteiger partial charge < -0.3 is 24.3 Å². The van der Waals surface area contributed by atoms with E-state index in [9.17, 15) is 19.2 Å². The number of nitrogens with one attached hydrogen (secondary N) is 1. The van der Waals surface area contributed by atoms with Crippen LogP contribution in [0.2, 0.25) is 0 Å². The molecule has 4 aliphatic rings. The zero-order valence-corrected chi connectivity index (χ0v) is 34.3. The average Bonchev–Trinajstić information content (AvgIpc) is 3.58. The van der Waals surface area contributed by atoms with Gasteiger partial charge in [0.05, 0.1) is 6.42 Å². The molecule has 0 saturated heterocycles. The van der Waals surface area contributed by atoms with Gasteiger partial charge in [0, 0.05) is 6.42 Å². The Morgan fingerprint density at radius 1 is 0.655 bits per heavy atom. The number of hydrogen-bond donors (Lipinski definition) is 1. The lowest BCUT2D eigenvalue weighted by Gasteiger charge is -2.61. The molecule has 9 nitrogen and oxygen atoms in total. The fourth-order valence-corrected chi connectivity index (χ4v) is 11.5. The van der Waals surface area contributed by atoms with E-state index < -0.39 is 24.1 Å². The van der Waals surface area contributed by atoms with Gasteiger partial charge in [-0.05, 0) is 128 Å². The van der Waals surface area contributed by atoms with Crippen molar-refractivity contribution in [1.29, 1.82) is 0 Å². The van der Waals surface area contributed by atoms with Crippen molar-refractivity contribution >= 4 is 24.0 Å². The topological polar surface area (TPSA) is 117 Å². The van der Waals surface area contributed by atoms with Crippen LogP contribution >= 0.6 is 0 Å². The van der Waals surface area contributed by atoms with Crippen LogP contribution in [-0.2, 0) is 53.2 Å². The van der Waals surface area contributed by atoms with Crippen molar-refractivity contribution in [3.05, 3.63) is 108 Å². The van der Waals surface area contributed by atoms with Crippen LogP contribution in [0.25, 0.3) is 0 Å². The second kappa shape index (κ2) is 18.9. The van der Waals surface area contributed by atoms with E-state index in [1.54, 1.807) is 0 Å². The highest BCUT2D eigenvalue weighted by Crippen LogP contribution is 2.68. The molecule has 9 unspecified atom stereocenters. The van der Waals surface area contributed by atoms with Crippen LogP contribution < -0.4 is 5.32 Å². The van der Waals surface area contributed by atoms with E-state index in [4.69, 9.17) is 18.9 Å². The Labute approximate surface area is 343 Å². The van der Waals surface area contributed by atoms with Crippen LogP contribution in [0.4, 0.5) is 4.79 Å². The minimum atomic E-state index is -1.25. The normalized spacial score (nSPS) is 29.1. The van der Waals surface area contributed by atoms with Gasteiger partial charge in [0.25, 0.3) is 0 Å². The van der Waals surface area contributed by atoms with E-state index in [-0.39, 0.29) is 37.1 Å². The molecule has 4 saturated carbocycles. The van der Waals surface area contributed by atoms with Crippen molar-refractivity contribution in [3.8, 4) is 0 Å². The van der Waals surface area contributed by atoms with Gasteiger partial charge in [-0.15, -0.1) is 0 Å². The third kappa shape index (κ3) is 9.95. The molecule has 4 fully saturated rings. The van der Waals surface area contributed by atoms with E-state index in [2.05, 4.69) is 19.2 Å². The average molecular weight is 792 g/mol. The first kappa shape index (κ1) is 41.5. The molecule has 9 heteroatoms. The van der Waals surface area contributed by atoms with Crippen LogP contribution in [0.3, 0.4) is 0 Å². The number of carbonyl (C=O) groups excluding carboxylic acids is 4. The summed E-state index contributed by atoms with van der Waals surface area (Å²) in [5.41, 5.74) is 3.16. The number of esters is 3. The lowest BCUT2D eigenvalue weighted by Crippen LogP contribution is -2.54. The molecule has 0 bridgehead atoms. The minimum Gasteiger partial charge on any atom is -0.462 e. The first-order valence-corrected chi connectivity index (χ1v) is 21.7. The number of rotatable bonds is 15.